The van der Waals surface area contributed by atoms with Crippen LogP contribution in [0, 0.1) is 12.7 Å². The van der Waals surface area contributed by atoms with E-state index in [0.29, 0.717) is 17.7 Å². The molecule has 0 bridgehead atoms. The van der Waals surface area contributed by atoms with Crippen LogP contribution in [0.2, 0.25) is 0 Å². The number of aryl methyl sites for hydroxylation is 1. The summed E-state index contributed by atoms with van der Waals surface area (Å²) < 4.78 is 13.3. The van der Waals surface area contributed by atoms with Gasteiger partial charge in [-0.1, -0.05) is 6.07 Å². The first-order chi connectivity index (χ1) is 9.99. The smallest absolute Gasteiger partial charge is 0.254 e. The van der Waals surface area contributed by atoms with Crippen molar-refractivity contribution in [3.05, 3.63) is 65.2 Å². The van der Waals surface area contributed by atoms with Crippen molar-refractivity contribution in [3.63, 3.8) is 0 Å². The molecule has 0 N–H and O–H groups in total. The van der Waals surface area contributed by atoms with Gasteiger partial charge in [0, 0.05) is 30.5 Å². The Kier molecular flexibility index (Phi) is 4.68. The van der Waals surface area contributed by atoms with Crippen molar-refractivity contribution >= 4 is 5.91 Å². The Labute approximate surface area is 124 Å². The Morgan fingerprint density at radius 1 is 1.33 bits per heavy atom. The molecular weight excluding hydrogens is 267 g/mol. The predicted molar refractivity (Wildman–Crippen MR) is 80.4 cm³/mol. The Balaban J connectivity index is 2.25. The van der Waals surface area contributed by atoms with Crippen molar-refractivity contribution < 1.29 is 9.18 Å². The Morgan fingerprint density at radius 2 is 2.10 bits per heavy atom. The van der Waals surface area contributed by atoms with Crippen molar-refractivity contribution in [3.8, 4) is 0 Å². The van der Waals surface area contributed by atoms with E-state index < -0.39 is 0 Å². The minimum atomic E-state index is -0.296. The van der Waals surface area contributed by atoms with E-state index >= 15 is 0 Å². The number of carbonyl (C=O) groups is 1. The minimum absolute atomic E-state index is 0.0445. The number of pyridine rings is 1. The fourth-order valence-corrected chi connectivity index (χ4v) is 2.12. The van der Waals surface area contributed by atoms with Gasteiger partial charge in [0.1, 0.15) is 5.82 Å². The lowest BCUT2D eigenvalue weighted by Gasteiger charge is -2.27. The van der Waals surface area contributed by atoms with Crippen LogP contribution in [0.25, 0.3) is 0 Å². The van der Waals surface area contributed by atoms with Crippen LogP contribution in [0.3, 0.4) is 0 Å². The summed E-state index contributed by atoms with van der Waals surface area (Å²) in [6, 6.07) is 8.29. The summed E-state index contributed by atoms with van der Waals surface area (Å²) in [4.78, 5) is 18.5. The highest BCUT2D eigenvalue weighted by atomic mass is 19.1. The quantitative estimate of drug-likeness (QED) is 0.860. The van der Waals surface area contributed by atoms with Gasteiger partial charge in [-0.2, -0.15) is 0 Å². The number of nitrogens with zero attached hydrogens (tertiary/aromatic N) is 2. The normalized spacial score (nSPS) is 10.7. The van der Waals surface area contributed by atoms with Crippen molar-refractivity contribution in [2.45, 2.75) is 33.4 Å². The van der Waals surface area contributed by atoms with Crippen LogP contribution in [0.5, 0.6) is 0 Å². The summed E-state index contributed by atoms with van der Waals surface area (Å²) in [6.45, 7) is 6.07. The molecule has 2 aromatic rings. The average Bonchev–Trinajstić information content (AvgIpc) is 2.47. The maximum Gasteiger partial charge on any atom is 0.254 e. The topological polar surface area (TPSA) is 33.2 Å². The van der Waals surface area contributed by atoms with Crippen molar-refractivity contribution in [2.75, 3.05) is 0 Å². The number of rotatable bonds is 4. The largest absolute Gasteiger partial charge is 0.332 e. The van der Waals surface area contributed by atoms with Gasteiger partial charge in [-0.15, -0.1) is 0 Å². The minimum Gasteiger partial charge on any atom is -0.332 e. The summed E-state index contributed by atoms with van der Waals surface area (Å²) in [5.74, 6) is -0.396. The highest BCUT2D eigenvalue weighted by Crippen LogP contribution is 2.15. The molecule has 0 unspecified atom stereocenters. The molecule has 1 aromatic heterocycles. The third-order valence-corrected chi connectivity index (χ3v) is 3.36. The van der Waals surface area contributed by atoms with E-state index in [4.69, 9.17) is 0 Å². The van der Waals surface area contributed by atoms with E-state index in [9.17, 15) is 9.18 Å². The second kappa shape index (κ2) is 6.48. The fraction of sp³-hybridized carbons (Fsp3) is 0.294. The van der Waals surface area contributed by atoms with Crippen LogP contribution < -0.4 is 0 Å². The van der Waals surface area contributed by atoms with Gasteiger partial charge in [0.15, 0.2) is 0 Å². The molecule has 1 aromatic carbocycles. The summed E-state index contributed by atoms with van der Waals surface area (Å²) in [5.41, 5.74) is 1.95. The first kappa shape index (κ1) is 15.2. The number of benzene rings is 1. The van der Waals surface area contributed by atoms with Crippen LogP contribution in [-0.2, 0) is 6.54 Å². The lowest BCUT2D eigenvalue weighted by molar-refractivity contribution is 0.0690. The molecule has 0 aliphatic heterocycles. The monoisotopic (exact) mass is 286 g/mol. The molecule has 0 atom stereocenters. The molecule has 21 heavy (non-hydrogen) atoms. The molecule has 0 saturated carbocycles. The highest BCUT2D eigenvalue weighted by Gasteiger charge is 2.19. The molecular formula is C17H19FN2O. The summed E-state index contributed by atoms with van der Waals surface area (Å²) in [6.07, 6.45) is 3.45. The van der Waals surface area contributed by atoms with Gasteiger partial charge in [0.2, 0.25) is 0 Å². The SMILES string of the molecule is Cc1cc(C(=O)N(Cc2cccnc2)C(C)C)ccc1F. The van der Waals surface area contributed by atoms with Gasteiger partial charge in [-0.05, 0) is 56.2 Å². The van der Waals surface area contributed by atoms with Crippen LogP contribution in [0.15, 0.2) is 42.7 Å². The van der Waals surface area contributed by atoms with E-state index in [1.165, 1.54) is 12.1 Å². The standard InChI is InChI=1S/C17H19FN2O/c1-12(2)20(11-14-5-4-8-19-10-14)17(21)15-6-7-16(18)13(3)9-15/h4-10,12H,11H2,1-3H3. The van der Waals surface area contributed by atoms with E-state index in [2.05, 4.69) is 4.98 Å². The molecule has 3 nitrogen and oxygen atoms in total. The molecule has 4 heteroatoms. The molecule has 1 heterocycles. The van der Waals surface area contributed by atoms with E-state index in [-0.39, 0.29) is 17.8 Å². The molecule has 0 radical (unpaired) electrons. The van der Waals surface area contributed by atoms with Gasteiger partial charge in [-0.25, -0.2) is 4.39 Å². The fourth-order valence-electron chi connectivity index (χ4n) is 2.12. The third-order valence-electron chi connectivity index (χ3n) is 3.36. The summed E-state index contributed by atoms with van der Waals surface area (Å²) in [5, 5.41) is 0. The van der Waals surface area contributed by atoms with Gasteiger partial charge >= 0.3 is 0 Å². The number of amides is 1. The Hall–Kier alpha value is -2.23. The molecule has 0 fully saturated rings. The number of hydrogen-bond donors (Lipinski definition) is 0. The van der Waals surface area contributed by atoms with E-state index in [1.807, 2.05) is 26.0 Å². The van der Waals surface area contributed by atoms with Crippen LogP contribution in [0.1, 0.15) is 35.3 Å². The second-order valence-electron chi connectivity index (χ2n) is 5.35. The van der Waals surface area contributed by atoms with Gasteiger partial charge < -0.3 is 4.90 Å². The van der Waals surface area contributed by atoms with Crippen LogP contribution in [-0.4, -0.2) is 21.8 Å². The first-order valence-corrected chi connectivity index (χ1v) is 6.95. The predicted octanol–water partition coefficient (Wildman–Crippen LogP) is 3.58. The average molecular weight is 286 g/mol. The molecule has 0 aliphatic carbocycles. The van der Waals surface area contributed by atoms with Crippen LogP contribution >= 0.6 is 0 Å². The van der Waals surface area contributed by atoms with E-state index in [0.717, 1.165) is 5.56 Å². The maximum absolute atomic E-state index is 13.3. The molecule has 0 spiro atoms. The summed E-state index contributed by atoms with van der Waals surface area (Å²) >= 11 is 0. The highest BCUT2D eigenvalue weighted by molar-refractivity contribution is 5.94. The van der Waals surface area contributed by atoms with Crippen molar-refractivity contribution in [2.24, 2.45) is 0 Å². The third kappa shape index (κ3) is 3.66. The molecule has 1 amide bonds. The van der Waals surface area contributed by atoms with E-state index in [1.54, 1.807) is 30.3 Å². The van der Waals surface area contributed by atoms with Gasteiger partial charge in [-0.3, -0.25) is 9.78 Å². The number of carbonyl (C=O) groups excluding carboxylic acids is 1. The Bertz CT molecular complexity index is 626. The summed E-state index contributed by atoms with van der Waals surface area (Å²) in [7, 11) is 0. The van der Waals surface area contributed by atoms with Gasteiger partial charge in [0.25, 0.3) is 5.91 Å². The number of aromatic nitrogens is 1. The lowest BCUT2D eigenvalue weighted by atomic mass is 10.1. The Morgan fingerprint density at radius 3 is 2.67 bits per heavy atom. The first-order valence-electron chi connectivity index (χ1n) is 6.95. The lowest BCUT2D eigenvalue weighted by Crippen LogP contribution is -2.36. The number of hydrogen-bond acceptors (Lipinski definition) is 2. The molecule has 2 rings (SSSR count). The second-order valence-corrected chi connectivity index (χ2v) is 5.35. The zero-order valence-electron chi connectivity index (χ0n) is 12.5. The van der Waals surface area contributed by atoms with Crippen LogP contribution in [0.4, 0.5) is 4.39 Å². The number of halogens is 1. The van der Waals surface area contributed by atoms with Gasteiger partial charge in [0.05, 0.1) is 0 Å². The zero-order chi connectivity index (χ0) is 15.4. The molecule has 110 valence electrons. The molecule has 0 aliphatic rings. The zero-order valence-corrected chi connectivity index (χ0v) is 12.5. The molecule has 0 saturated heterocycles. The van der Waals surface area contributed by atoms with Crippen molar-refractivity contribution in [1.82, 2.24) is 9.88 Å². The maximum atomic E-state index is 13.3. The van der Waals surface area contributed by atoms with Crippen molar-refractivity contribution in [1.29, 1.82) is 0 Å².